The van der Waals surface area contributed by atoms with Crippen LogP contribution >= 0.6 is 0 Å². The molecule has 0 bridgehead atoms. The zero-order valence-electron chi connectivity index (χ0n) is 13.0. The van der Waals surface area contributed by atoms with E-state index in [0.29, 0.717) is 5.57 Å². The van der Waals surface area contributed by atoms with Crippen LogP contribution in [0.4, 0.5) is 0 Å². The van der Waals surface area contributed by atoms with Gasteiger partial charge in [-0.3, -0.25) is 4.79 Å². The molecule has 0 radical (unpaired) electrons. The smallest absolute Gasteiger partial charge is 0.166 e. The highest BCUT2D eigenvalue weighted by atomic mass is 16.3. The van der Waals surface area contributed by atoms with Crippen molar-refractivity contribution in [3.63, 3.8) is 0 Å². The van der Waals surface area contributed by atoms with Gasteiger partial charge < -0.3 is 5.11 Å². The van der Waals surface area contributed by atoms with E-state index in [0.717, 1.165) is 24.8 Å². The highest BCUT2D eigenvalue weighted by molar-refractivity contribution is 6.00. The van der Waals surface area contributed by atoms with Gasteiger partial charge in [-0.05, 0) is 12.0 Å². The van der Waals surface area contributed by atoms with Crippen LogP contribution in [-0.4, -0.2) is 10.9 Å². The number of hydrogen-bond donors (Lipinski definition) is 1. The minimum atomic E-state index is -0.834. The minimum Gasteiger partial charge on any atom is -0.384 e. The molecule has 0 heterocycles. The van der Waals surface area contributed by atoms with Gasteiger partial charge in [0.1, 0.15) is 6.10 Å². The summed E-state index contributed by atoms with van der Waals surface area (Å²) in [5.41, 5.74) is 0.818. The lowest BCUT2D eigenvalue weighted by atomic mass is 9.82. The molecule has 2 nitrogen and oxygen atoms in total. The van der Waals surface area contributed by atoms with E-state index in [-0.39, 0.29) is 5.78 Å². The first-order valence-electron chi connectivity index (χ1n) is 7.35. The average molecular weight is 274 g/mol. The van der Waals surface area contributed by atoms with Gasteiger partial charge in [0.15, 0.2) is 5.78 Å². The molecule has 110 valence electrons. The molecular weight excluding hydrogens is 248 g/mol. The molecule has 0 amide bonds. The second-order valence-electron chi connectivity index (χ2n) is 6.19. The number of aliphatic hydroxyl groups excluding tert-OH is 1. The predicted octanol–water partition coefficient (Wildman–Crippen LogP) is 4.45. The molecule has 1 aromatic rings. The molecule has 1 unspecified atom stereocenters. The first kappa shape index (κ1) is 16.6. The van der Waals surface area contributed by atoms with Crippen molar-refractivity contribution in [2.24, 2.45) is 5.41 Å². The normalized spacial score (nSPS) is 14.2. The summed E-state index contributed by atoms with van der Waals surface area (Å²) in [5, 5.41) is 10.5. The van der Waals surface area contributed by atoms with E-state index in [1.807, 2.05) is 57.2 Å². The fourth-order valence-electron chi connectivity index (χ4n) is 2.04. The van der Waals surface area contributed by atoms with Crippen LogP contribution in [-0.2, 0) is 4.79 Å². The molecule has 0 saturated heterocycles. The highest BCUT2D eigenvalue weighted by Crippen LogP contribution is 2.29. The molecule has 1 aromatic carbocycles. The van der Waals surface area contributed by atoms with E-state index in [1.54, 1.807) is 0 Å². The minimum absolute atomic E-state index is 0.0185. The van der Waals surface area contributed by atoms with Gasteiger partial charge in [-0.1, -0.05) is 76.9 Å². The quantitative estimate of drug-likeness (QED) is 0.614. The van der Waals surface area contributed by atoms with Crippen LogP contribution in [0.1, 0.15) is 58.6 Å². The SMILES string of the molecule is CCCC/C=C(\C(=O)C(C)(C)C)C(O)c1ccccc1. The summed E-state index contributed by atoms with van der Waals surface area (Å²) in [6.45, 7) is 7.79. The van der Waals surface area contributed by atoms with Crippen molar-refractivity contribution in [3.05, 3.63) is 47.5 Å². The Morgan fingerprint density at radius 2 is 1.85 bits per heavy atom. The molecular formula is C18H26O2. The topological polar surface area (TPSA) is 37.3 Å². The number of aliphatic hydroxyl groups is 1. The Bertz CT molecular complexity index is 452. The number of allylic oxidation sites excluding steroid dienone is 1. The van der Waals surface area contributed by atoms with Crippen molar-refractivity contribution >= 4 is 5.78 Å². The third kappa shape index (κ3) is 4.61. The fraction of sp³-hybridized carbons (Fsp3) is 0.500. The summed E-state index contributed by atoms with van der Waals surface area (Å²) in [7, 11) is 0. The largest absolute Gasteiger partial charge is 0.384 e. The molecule has 20 heavy (non-hydrogen) atoms. The number of unbranched alkanes of at least 4 members (excludes halogenated alkanes) is 2. The van der Waals surface area contributed by atoms with E-state index in [4.69, 9.17) is 0 Å². The van der Waals surface area contributed by atoms with Crippen molar-refractivity contribution < 1.29 is 9.90 Å². The maximum Gasteiger partial charge on any atom is 0.166 e. The fourth-order valence-corrected chi connectivity index (χ4v) is 2.04. The molecule has 0 aliphatic rings. The van der Waals surface area contributed by atoms with Gasteiger partial charge in [-0.2, -0.15) is 0 Å². The second kappa shape index (κ2) is 7.39. The van der Waals surface area contributed by atoms with E-state index in [2.05, 4.69) is 6.92 Å². The van der Waals surface area contributed by atoms with Crippen molar-refractivity contribution in [1.29, 1.82) is 0 Å². The van der Waals surface area contributed by atoms with Gasteiger partial charge >= 0.3 is 0 Å². The number of carbonyl (C=O) groups excluding carboxylic acids is 1. The van der Waals surface area contributed by atoms with Crippen molar-refractivity contribution in [2.75, 3.05) is 0 Å². The van der Waals surface area contributed by atoms with Gasteiger partial charge in [0.25, 0.3) is 0 Å². The maximum absolute atomic E-state index is 12.5. The van der Waals surface area contributed by atoms with Crippen molar-refractivity contribution in [1.82, 2.24) is 0 Å². The molecule has 2 heteroatoms. The number of rotatable bonds is 6. The Morgan fingerprint density at radius 1 is 1.25 bits per heavy atom. The third-order valence-electron chi connectivity index (χ3n) is 3.28. The summed E-state index contributed by atoms with van der Waals surface area (Å²) < 4.78 is 0. The lowest BCUT2D eigenvalue weighted by Gasteiger charge is -2.23. The van der Waals surface area contributed by atoms with E-state index < -0.39 is 11.5 Å². The Labute approximate surface area is 122 Å². The van der Waals surface area contributed by atoms with Crippen LogP contribution in [0.3, 0.4) is 0 Å². The summed E-state index contributed by atoms with van der Waals surface area (Å²) in [6, 6.07) is 9.37. The zero-order chi connectivity index (χ0) is 15.2. The summed E-state index contributed by atoms with van der Waals surface area (Å²) in [5.74, 6) is 0.0185. The van der Waals surface area contributed by atoms with E-state index >= 15 is 0 Å². The van der Waals surface area contributed by atoms with E-state index in [1.165, 1.54) is 0 Å². The van der Waals surface area contributed by atoms with Gasteiger partial charge in [0.05, 0.1) is 0 Å². The van der Waals surface area contributed by atoms with E-state index in [9.17, 15) is 9.90 Å². The summed E-state index contributed by atoms with van der Waals surface area (Å²) in [6.07, 6.45) is 4.02. The van der Waals surface area contributed by atoms with Crippen LogP contribution in [0.15, 0.2) is 42.0 Å². The van der Waals surface area contributed by atoms with Crippen molar-refractivity contribution in [2.45, 2.75) is 53.1 Å². The first-order chi connectivity index (χ1) is 9.38. The second-order valence-corrected chi connectivity index (χ2v) is 6.19. The molecule has 0 saturated carbocycles. The van der Waals surface area contributed by atoms with Gasteiger partial charge in [0.2, 0.25) is 0 Å². The van der Waals surface area contributed by atoms with Gasteiger partial charge in [0, 0.05) is 11.0 Å². The Hall–Kier alpha value is -1.41. The summed E-state index contributed by atoms with van der Waals surface area (Å²) in [4.78, 5) is 12.5. The monoisotopic (exact) mass is 274 g/mol. The number of Topliss-reactive ketones (excluding diaryl/α,β-unsaturated/α-hetero) is 1. The molecule has 1 N–H and O–H groups in total. The Balaban J connectivity index is 3.05. The molecule has 0 spiro atoms. The van der Waals surface area contributed by atoms with Crippen LogP contribution < -0.4 is 0 Å². The van der Waals surface area contributed by atoms with Crippen LogP contribution in [0.5, 0.6) is 0 Å². The number of hydrogen-bond acceptors (Lipinski definition) is 2. The van der Waals surface area contributed by atoms with Crippen LogP contribution in [0.25, 0.3) is 0 Å². The third-order valence-corrected chi connectivity index (χ3v) is 3.28. The maximum atomic E-state index is 12.5. The Morgan fingerprint density at radius 3 is 2.35 bits per heavy atom. The lowest BCUT2D eigenvalue weighted by Crippen LogP contribution is -2.25. The lowest BCUT2D eigenvalue weighted by molar-refractivity contribution is -0.123. The average Bonchev–Trinajstić information content (AvgIpc) is 2.42. The molecule has 0 aliphatic carbocycles. The number of carbonyl (C=O) groups is 1. The molecule has 0 aromatic heterocycles. The first-order valence-corrected chi connectivity index (χ1v) is 7.35. The summed E-state index contributed by atoms with van der Waals surface area (Å²) >= 11 is 0. The standard InChI is InChI=1S/C18H26O2/c1-5-6-8-13-15(17(20)18(2,3)4)16(19)14-11-9-7-10-12-14/h7,9-13,16,19H,5-6,8H2,1-4H3/b15-13-. The van der Waals surface area contributed by atoms with Crippen molar-refractivity contribution in [3.8, 4) is 0 Å². The predicted molar refractivity (Wildman–Crippen MR) is 83.5 cm³/mol. The zero-order valence-corrected chi connectivity index (χ0v) is 13.0. The molecule has 1 atom stereocenters. The highest BCUT2D eigenvalue weighted by Gasteiger charge is 2.29. The molecule has 0 fully saturated rings. The van der Waals surface area contributed by atoms with Crippen LogP contribution in [0, 0.1) is 5.41 Å². The van der Waals surface area contributed by atoms with Gasteiger partial charge in [-0.25, -0.2) is 0 Å². The van der Waals surface area contributed by atoms with Crippen LogP contribution in [0.2, 0.25) is 0 Å². The Kier molecular flexibility index (Phi) is 6.15. The number of benzene rings is 1. The molecule has 0 aliphatic heterocycles. The van der Waals surface area contributed by atoms with Gasteiger partial charge in [-0.15, -0.1) is 0 Å². The number of ketones is 1. The molecule has 1 rings (SSSR count).